The molecule has 4 heterocycles. The van der Waals surface area contributed by atoms with Crippen LogP contribution in [0.15, 0.2) is 47.7 Å². The van der Waals surface area contributed by atoms with Crippen molar-refractivity contribution < 1.29 is 18.3 Å². The number of aromatic nitrogens is 6. The Hall–Kier alpha value is -3.90. The van der Waals surface area contributed by atoms with E-state index in [1.165, 1.54) is 24.8 Å². The van der Waals surface area contributed by atoms with Crippen molar-refractivity contribution in [3.63, 3.8) is 0 Å². The van der Waals surface area contributed by atoms with Gasteiger partial charge in [-0.3, -0.25) is 9.48 Å². The number of benzene rings is 1. The van der Waals surface area contributed by atoms with Crippen molar-refractivity contribution in [3.05, 3.63) is 60.3 Å². The van der Waals surface area contributed by atoms with Crippen LogP contribution in [0.2, 0.25) is 25.7 Å². The van der Waals surface area contributed by atoms with Crippen molar-refractivity contribution in [1.29, 1.82) is 0 Å². The lowest BCUT2D eigenvalue weighted by molar-refractivity contribution is 0.0890. The van der Waals surface area contributed by atoms with Gasteiger partial charge >= 0.3 is 0 Å². The Balaban J connectivity index is 1.53. The molecule has 0 saturated heterocycles. The summed E-state index contributed by atoms with van der Waals surface area (Å²) in [6, 6.07) is 5.13. The third-order valence-corrected chi connectivity index (χ3v) is 8.04. The fourth-order valence-corrected chi connectivity index (χ4v) is 4.93. The van der Waals surface area contributed by atoms with E-state index >= 15 is 0 Å². The smallest absolute Gasteiger partial charge is 0.255 e. The first-order valence-electron chi connectivity index (χ1n) is 12.4. The molecule has 1 unspecified atom stereocenters. The SMILES string of the molecule is CC(NC(=O)c1cn(COCC[Si](C)(C)C)c2ncc(-c3nn(C)c4cc(F)ccc34)nc12)c1cocn1. The van der Waals surface area contributed by atoms with Crippen molar-refractivity contribution >= 4 is 36.0 Å². The Morgan fingerprint density at radius 3 is 2.82 bits per heavy atom. The van der Waals surface area contributed by atoms with Crippen LogP contribution in [0.25, 0.3) is 33.5 Å². The molecule has 0 saturated carbocycles. The summed E-state index contributed by atoms with van der Waals surface area (Å²) in [6.45, 7) is 9.58. The average molecular weight is 536 g/mol. The zero-order valence-corrected chi connectivity index (χ0v) is 23.0. The van der Waals surface area contributed by atoms with Gasteiger partial charge < -0.3 is 19.0 Å². The van der Waals surface area contributed by atoms with E-state index in [4.69, 9.17) is 14.1 Å². The van der Waals surface area contributed by atoms with Gasteiger partial charge in [0.15, 0.2) is 12.0 Å². The summed E-state index contributed by atoms with van der Waals surface area (Å²) in [6.07, 6.45) is 6.14. The van der Waals surface area contributed by atoms with E-state index in [1.54, 1.807) is 34.8 Å². The van der Waals surface area contributed by atoms with Crippen molar-refractivity contribution in [1.82, 2.24) is 34.6 Å². The second-order valence-corrected chi connectivity index (χ2v) is 16.2. The number of oxazole rings is 1. The monoisotopic (exact) mass is 535 g/mol. The number of hydrogen-bond acceptors (Lipinski definition) is 7. The molecule has 0 bridgehead atoms. The first kappa shape index (κ1) is 25.7. The van der Waals surface area contributed by atoms with Gasteiger partial charge in [0, 0.05) is 33.3 Å². The third-order valence-electron chi connectivity index (χ3n) is 6.34. The molecule has 1 aromatic carbocycles. The Labute approximate surface area is 219 Å². The highest BCUT2D eigenvalue weighted by molar-refractivity contribution is 6.76. The number of carbonyl (C=O) groups excluding carboxylic acids is 1. The van der Waals surface area contributed by atoms with Gasteiger partial charge in [-0.05, 0) is 31.2 Å². The number of rotatable bonds is 9. The predicted octanol–water partition coefficient (Wildman–Crippen LogP) is 4.92. The summed E-state index contributed by atoms with van der Waals surface area (Å²) in [5.74, 6) is -0.675. The minimum absolute atomic E-state index is 0.243. The molecule has 12 heteroatoms. The van der Waals surface area contributed by atoms with Crippen molar-refractivity contribution in [2.24, 2.45) is 7.05 Å². The molecule has 0 radical (unpaired) electrons. The molecule has 5 rings (SSSR count). The quantitative estimate of drug-likeness (QED) is 0.211. The maximum atomic E-state index is 13.8. The lowest BCUT2D eigenvalue weighted by atomic mass is 10.1. The van der Waals surface area contributed by atoms with E-state index in [1.807, 2.05) is 6.92 Å². The molecule has 0 aliphatic rings. The van der Waals surface area contributed by atoms with E-state index < -0.39 is 8.07 Å². The number of fused-ring (bicyclic) bond motifs is 2. The predicted molar refractivity (Wildman–Crippen MR) is 144 cm³/mol. The van der Waals surface area contributed by atoms with E-state index in [-0.39, 0.29) is 24.5 Å². The number of hydrogen-bond donors (Lipinski definition) is 1. The number of ether oxygens (including phenoxy) is 1. The summed E-state index contributed by atoms with van der Waals surface area (Å²) in [7, 11) is 0.498. The molecule has 198 valence electrons. The van der Waals surface area contributed by atoms with Gasteiger partial charge in [0.1, 0.15) is 41.4 Å². The molecule has 1 N–H and O–H groups in total. The summed E-state index contributed by atoms with van der Waals surface area (Å²) in [5, 5.41) is 8.25. The lowest BCUT2D eigenvalue weighted by Crippen LogP contribution is -2.26. The van der Waals surface area contributed by atoms with Gasteiger partial charge in [-0.1, -0.05) is 19.6 Å². The third kappa shape index (κ3) is 5.22. The van der Waals surface area contributed by atoms with Crippen LogP contribution < -0.4 is 5.32 Å². The largest absolute Gasteiger partial charge is 0.451 e. The van der Waals surface area contributed by atoms with Crippen molar-refractivity contribution in [2.45, 2.75) is 45.4 Å². The van der Waals surface area contributed by atoms with Gasteiger partial charge in [0.05, 0.1) is 23.3 Å². The topological polar surface area (TPSA) is 113 Å². The van der Waals surface area contributed by atoms with Gasteiger partial charge in [-0.15, -0.1) is 0 Å². The highest BCUT2D eigenvalue weighted by Gasteiger charge is 2.23. The first-order chi connectivity index (χ1) is 18.1. The number of aryl methyl sites for hydroxylation is 1. The summed E-state index contributed by atoms with van der Waals surface area (Å²) < 4.78 is 28.2. The van der Waals surface area contributed by atoms with Gasteiger partial charge in [-0.2, -0.15) is 5.10 Å². The first-order valence-corrected chi connectivity index (χ1v) is 16.1. The molecule has 38 heavy (non-hydrogen) atoms. The highest BCUT2D eigenvalue weighted by Crippen LogP contribution is 2.29. The number of halogens is 1. The van der Waals surface area contributed by atoms with E-state index in [0.29, 0.717) is 45.9 Å². The Morgan fingerprint density at radius 2 is 2.08 bits per heavy atom. The van der Waals surface area contributed by atoms with Gasteiger partial charge in [0.2, 0.25) is 0 Å². The second kappa shape index (κ2) is 10.1. The molecule has 0 aliphatic carbocycles. The molecule has 4 aromatic heterocycles. The minimum Gasteiger partial charge on any atom is -0.451 e. The molecule has 0 spiro atoms. The molecule has 0 aliphatic heterocycles. The van der Waals surface area contributed by atoms with Gasteiger partial charge in [-0.25, -0.2) is 19.3 Å². The number of nitrogens with one attached hydrogen (secondary N) is 1. The maximum Gasteiger partial charge on any atom is 0.255 e. The van der Waals surface area contributed by atoms with Crippen LogP contribution in [-0.2, 0) is 18.5 Å². The zero-order valence-electron chi connectivity index (χ0n) is 22.0. The Morgan fingerprint density at radius 1 is 1.26 bits per heavy atom. The van der Waals surface area contributed by atoms with Crippen LogP contribution in [-0.4, -0.2) is 49.9 Å². The maximum absolute atomic E-state index is 13.8. The fourth-order valence-electron chi connectivity index (χ4n) is 4.18. The average Bonchev–Trinajstić information content (AvgIpc) is 3.59. The molecule has 10 nitrogen and oxygen atoms in total. The standard InChI is InChI=1S/C26H30FN7O3Si/c1-16(21-13-37-14-29-21)30-26(35)19-12-34(15-36-8-9-38(3,4)5)25-24(19)31-20(11-28-25)23-18-7-6-17(27)10-22(18)33(2)32-23/h6-7,10-14,16H,8-9,15H2,1-5H3,(H,30,35). The summed E-state index contributed by atoms with van der Waals surface area (Å²) >= 11 is 0. The number of nitrogens with zero attached hydrogens (tertiary/aromatic N) is 6. The molecular formula is C26H30FN7O3Si. The zero-order chi connectivity index (χ0) is 27.0. The Bertz CT molecular complexity index is 1600. The Kier molecular flexibility index (Phi) is 6.84. The van der Waals surface area contributed by atoms with E-state index in [0.717, 1.165) is 11.4 Å². The number of amides is 1. The van der Waals surface area contributed by atoms with Crippen LogP contribution in [0, 0.1) is 5.82 Å². The summed E-state index contributed by atoms with van der Waals surface area (Å²) in [4.78, 5) is 27.0. The van der Waals surface area contributed by atoms with Gasteiger partial charge in [0.25, 0.3) is 5.91 Å². The molecule has 1 atom stereocenters. The van der Waals surface area contributed by atoms with Crippen LogP contribution >= 0.6 is 0 Å². The summed E-state index contributed by atoms with van der Waals surface area (Å²) in [5.41, 5.74) is 3.56. The normalized spacial score (nSPS) is 12.9. The van der Waals surface area contributed by atoms with Crippen LogP contribution in [0.1, 0.15) is 29.0 Å². The number of carbonyl (C=O) groups is 1. The fraction of sp³-hybridized carbons (Fsp3) is 0.346. The lowest BCUT2D eigenvalue weighted by Gasteiger charge is -2.15. The molecule has 1 amide bonds. The molecule has 0 fully saturated rings. The van der Waals surface area contributed by atoms with E-state index in [9.17, 15) is 9.18 Å². The van der Waals surface area contributed by atoms with E-state index in [2.05, 4.69) is 40.0 Å². The van der Waals surface area contributed by atoms with Crippen LogP contribution in [0.3, 0.4) is 0 Å². The minimum atomic E-state index is -1.25. The molecule has 5 aromatic rings. The van der Waals surface area contributed by atoms with Crippen molar-refractivity contribution in [3.8, 4) is 11.4 Å². The van der Waals surface area contributed by atoms with Crippen LogP contribution in [0.4, 0.5) is 4.39 Å². The second-order valence-electron chi connectivity index (χ2n) is 10.5. The van der Waals surface area contributed by atoms with Crippen molar-refractivity contribution in [2.75, 3.05) is 6.61 Å². The molecular weight excluding hydrogens is 505 g/mol. The van der Waals surface area contributed by atoms with Crippen LogP contribution in [0.5, 0.6) is 0 Å². The highest BCUT2D eigenvalue weighted by atomic mass is 28.3.